The maximum Gasteiger partial charge on any atom is 0.242 e. The van der Waals surface area contributed by atoms with E-state index in [1.807, 2.05) is 0 Å². The highest BCUT2D eigenvalue weighted by atomic mass is 32.2. The van der Waals surface area contributed by atoms with Crippen LogP contribution in [0.4, 0.5) is 4.39 Å². The van der Waals surface area contributed by atoms with E-state index in [9.17, 15) is 28.1 Å². The van der Waals surface area contributed by atoms with Gasteiger partial charge in [0.25, 0.3) is 0 Å². The second-order valence-electron chi connectivity index (χ2n) is 7.04. The average molecular weight is 466 g/mol. The molecule has 32 heavy (non-hydrogen) atoms. The molecule has 1 aliphatic rings. The first-order valence-electron chi connectivity index (χ1n) is 9.56. The summed E-state index contributed by atoms with van der Waals surface area (Å²) in [5.41, 5.74) is 7.59. The largest absolute Gasteiger partial charge is 0.394 e. The van der Waals surface area contributed by atoms with Gasteiger partial charge in [-0.15, -0.1) is 0 Å². The Bertz CT molecular complexity index is 1070. The Hall–Kier alpha value is -2.74. The summed E-state index contributed by atoms with van der Waals surface area (Å²) in [6, 6.07) is 11.5. The van der Waals surface area contributed by atoms with Gasteiger partial charge in [-0.25, -0.2) is 18.3 Å². The van der Waals surface area contributed by atoms with E-state index in [1.54, 1.807) is 6.07 Å². The SMILES string of the molecule is N=N/C(=C\NC1[C@@H](O)C(CO)O[C@@H](NS(=O)(=O)c2ccccc2)[C@H]1O)c1cccc(F)c1. The zero-order valence-electron chi connectivity index (χ0n) is 16.7. The molecule has 0 spiro atoms. The minimum atomic E-state index is -4.08. The monoisotopic (exact) mass is 466 g/mol. The van der Waals surface area contributed by atoms with Gasteiger partial charge < -0.3 is 25.4 Å². The van der Waals surface area contributed by atoms with Crippen LogP contribution in [0.15, 0.2) is 70.8 Å². The van der Waals surface area contributed by atoms with Crippen LogP contribution in [0.1, 0.15) is 5.56 Å². The topological polar surface area (TPSA) is 164 Å². The first kappa shape index (κ1) is 23.9. The van der Waals surface area contributed by atoms with Gasteiger partial charge in [0.15, 0.2) is 0 Å². The molecule has 0 bridgehead atoms. The molecule has 1 fully saturated rings. The van der Waals surface area contributed by atoms with Gasteiger partial charge in [0.2, 0.25) is 10.0 Å². The Balaban J connectivity index is 1.84. The summed E-state index contributed by atoms with van der Waals surface area (Å²) in [4.78, 5) is -0.0618. The van der Waals surface area contributed by atoms with E-state index in [2.05, 4.69) is 15.2 Å². The second-order valence-corrected chi connectivity index (χ2v) is 8.75. The summed E-state index contributed by atoms with van der Waals surface area (Å²) in [5.74, 6) is -0.543. The van der Waals surface area contributed by atoms with E-state index in [4.69, 9.17) is 10.3 Å². The van der Waals surface area contributed by atoms with E-state index >= 15 is 0 Å². The van der Waals surface area contributed by atoms with Crippen LogP contribution in [-0.2, 0) is 14.8 Å². The molecule has 0 amide bonds. The predicted molar refractivity (Wildman–Crippen MR) is 111 cm³/mol. The molecule has 0 aliphatic carbocycles. The number of nitrogens with zero attached hydrogens (tertiary/aromatic N) is 1. The van der Waals surface area contributed by atoms with Crippen LogP contribution in [0, 0.1) is 11.3 Å². The number of aliphatic hydroxyl groups is 3. The van der Waals surface area contributed by atoms with Crippen molar-refractivity contribution in [3.05, 3.63) is 72.2 Å². The van der Waals surface area contributed by atoms with Crippen molar-refractivity contribution < 1.29 is 32.9 Å². The first-order chi connectivity index (χ1) is 15.3. The molecule has 0 aromatic heterocycles. The fourth-order valence-electron chi connectivity index (χ4n) is 3.24. The number of sulfonamides is 1. The maximum absolute atomic E-state index is 13.5. The Morgan fingerprint density at radius 1 is 1.16 bits per heavy atom. The summed E-state index contributed by atoms with van der Waals surface area (Å²) < 4.78 is 46.3. The van der Waals surface area contributed by atoms with Crippen LogP contribution in [0.3, 0.4) is 0 Å². The Morgan fingerprint density at radius 2 is 1.88 bits per heavy atom. The Labute approximate surface area is 183 Å². The lowest BCUT2D eigenvalue weighted by atomic mass is 9.96. The van der Waals surface area contributed by atoms with Gasteiger partial charge in [-0.05, 0) is 24.3 Å². The molecular formula is C20H23FN4O6S. The summed E-state index contributed by atoms with van der Waals surface area (Å²) in [6.07, 6.45) is -4.58. The average Bonchev–Trinajstić information content (AvgIpc) is 2.78. The van der Waals surface area contributed by atoms with Crippen molar-refractivity contribution in [3.63, 3.8) is 0 Å². The predicted octanol–water partition coefficient (Wildman–Crippen LogP) is 0.531. The minimum absolute atomic E-state index is 0.00245. The zero-order chi connectivity index (χ0) is 23.3. The number of aliphatic hydroxyl groups excluding tert-OH is 3. The van der Waals surface area contributed by atoms with Crippen LogP contribution >= 0.6 is 0 Å². The molecule has 10 nitrogen and oxygen atoms in total. The highest BCUT2D eigenvalue weighted by Crippen LogP contribution is 2.23. The molecule has 1 aliphatic heterocycles. The van der Waals surface area contributed by atoms with E-state index in [0.717, 1.165) is 6.07 Å². The lowest BCUT2D eigenvalue weighted by Crippen LogP contribution is -2.66. The number of benzene rings is 2. The van der Waals surface area contributed by atoms with Gasteiger partial charge in [-0.1, -0.05) is 30.3 Å². The lowest BCUT2D eigenvalue weighted by molar-refractivity contribution is -0.195. The van der Waals surface area contributed by atoms with Gasteiger partial charge >= 0.3 is 0 Å². The van der Waals surface area contributed by atoms with Crippen molar-refractivity contribution >= 4 is 15.7 Å². The van der Waals surface area contributed by atoms with E-state index in [1.165, 1.54) is 48.7 Å². The van der Waals surface area contributed by atoms with Crippen molar-refractivity contribution in [3.8, 4) is 0 Å². The molecule has 0 radical (unpaired) electrons. The first-order valence-corrected chi connectivity index (χ1v) is 11.0. The molecule has 2 unspecified atom stereocenters. The highest BCUT2D eigenvalue weighted by Gasteiger charge is 2.45. The molecule has 3 rings (SSSR count). The standard InChI is InChI=1S/C20H23FN4O6S/c21-13-6-4-5-12(9-13)15(24-22)10-23-17-18(27)16(11-26)31-20(19(17)28)25-32(29,30)14-7-2-1-3-8-14/h1-10,16-20,22-23,25-28H,11H2/b15-10-,24-22?/t16?,17?,18-,19-,20+/m0/s1. The highest BCUT2D eigenvalue weighted by molar-refractivity contribution is 7.89. The van der Waals surface area contributed by atoms with Crippen LogP contribution < -0.4 is 10.0 Å². The molecular weight excluding hydrogens is 443 g/mol. The fraction of sp³-hybridized carbons (Fsp3) is 0.300. The molecule has 5 atom stereocenters. The number of rotatable bonds is 8. The molecule has 2 aromatic rings. The van der Waals surface area contributed by atoms with Gasteiger partial charge in [-0.2, -0.15) is 9.84 Å². The van der Waals surface area contributed by atoms with Crippen molar-refractivity contribution in [2.45, 2.75) is 35.5 Å². The van der Waals surface area contributed by atoms with E-state index in [-0.39, 0.29) is 16.2 Å². The van der Waals surface area contributed by atoms with Gasteiger partial charge in [0.1, 0.15) is 36.1 Å². The number of hydrogen-bond acceptors (Lipinski definition) is 9. The van der Waals surface area contributed by atoms with Crippen molar-refractivity contribution in [1.29, 1.82) is 5.53 Å². The van der Waals surface area contributed by atoms with E-state index < -0.39 is 53.0 Å². The third-order valence-electron chi connectivity index (χ3n) is 4.91. The van der Waals surface area contributed by atoms with Crippen LogP contribution in [0.25, 0.3) is 5.70 Å². The zero-order valence-corrected chi connectivity index (χ0v) is 17.5. The van der Waals surface area contributed by atoms with Crippen LogP contribution in [0.2, 0.25) is 0 Å². The molecule has 172 valence electrons. The van der Waals surface area contributed by atoms with Gasteiger partial charge in [0, 0.05) is 11.8 Å². The Kier molecular flexibility index (Phi) is 7.66. The third-order valence-corrected chi connectivity index (χ3v) is 6.34. The Morgan fingerprint density at radius 3 is 2.50 bits per heavy atom. The molecule has 12 heteroatoms. The number of ether oxygens (including phenoxy) is 1. The summed E-state index contributed by atoms with van der Waals surface area (Å²) in [7, 11) is -4.08. The van der Waals surface area contributed by atoms with Crippen molar-refractivity contribution in [2.75, 3.05) is 6.61 Å². The van der Waals surface area contributed by atoms with Crippen LogP contribution in [-0.4, -0.2) is 60.9 Å². The normalized spacial score (nSPS) is 26.5. The lowest BCUT2D eigenvalue weighted by Gasteiger charge is -2.42. The van der Waals surface area contributed by atoms with Crippen molar-refractivity contribution in [2.24, 2.45) is 5.11 Å². The molecule has 0 saturated carbocycles. The summed E-state index contributed by atoms with van der Waals surface area (Å²) in [5, 5.41) is 36.7. The quantitative estimate of drug-likeness (QED) is 0.309. The summed E-state index contributed by atoms with van der Waals surface area (Å²) >= 11 is 0. The molecule has 1 saturated heterocycles. The maximum atomic E-state index is 13.5. The van der Waals surface area contributed by atoms with E-state index in [0.29, 0.717) is 0 Å². The third kappa shape index (κ3) is 5.35. The molecule has 2 aromatic carbocycles. The molecule has 6 N–H and O–H groups in total. The number of halogens is 1. The smallest absolute Gasteiger partial charge is 0.242 e. The molecule has 1 heterocycles. The number of hydrogen-bond donors (Lipinski definition) is 6. The van der Waals surface area contributed by atoms with Gasteiger partial charge in [-0.3, -0.25) is 0 Å². The van der Waals surface area contributed by atoms with Crippen molar-refractivity contribution in [1.82, 2.24) is 10.0 Å². The second kappa shape index (κ2) is 10.3. The summed E-state index contributed by atoms with van der Waals surface area (Å²) in [6.45, 7) is -0.654. The van der Waals surface area contributed by atoms with Gasteiger partial charge in [0.05, 0.1) is 17.5 Å². The van der Waals surface area contributed by atoms with Crippen LogP contribution in [0.5, 0.6) is 0 Å². The number of nitrogens with one attached hydrogen (secondary N) is 3. The fourth-order valence-corrected chi connectivity index (χ4v) is 4.39. The minimum Gasteiger partial charge on any atom is -0.394 e.